The largest absolute Gasteiger partial charge is 0.457 e. The van der Waals surface area contributed by atoms with Crippen molar-refractivity contribution in [1.29, 1.82) is 0 Å². The predicted molar refractivity (Wildman–Crippen MR) is 76.0 cm³/mol. The molecule has 18 heavy (non-hydrogen) atoms. The summed E-state index contributed by atoms with van der Waals surface area (Å²) in [5.74, 6) is 1.45. The molecule has 0 fully saturated rings. The molecule has 0 unspecified atom stereocenters. The molecular weight excluding hydrogens is 292 g/mol. The average molecular weight is 307 g/mol. The highest BCUT2D eigenvalue weighted by Gasteiger charge is 2.05. The Bertz CT molecular complexity index is 521. The smallest absolute Gasteiger partial charge is 0.134 e. The maximum Gasteiger partial charge on any atom is 0.134 e. The zero-order valence-electron chi connectivity index (χ0n) is 10.2. The lowest BCUT2D eigenvalue weighted by Gasteiger charge is -2.10. The van der Waals surface area contributed by atoms with Crippen LogP contribution in [0, 0.1) is 0 Å². The minimum absolute atomic E-state index is 0.0321. The third kappa shape index (κ3) is 3.12. The van der Waals surface area contributed by atoms with Gasteiger partial charge in [0.05, 0.1) is 6.61 Å². The van der Waals surface area contributed by atoms with Crippen LogP contribution < -0.4 is 4.74 Å². The molecule has 0 heterocycles. The van der Waals surface area contributed by atoms with E-state index in [-0.39, 0.29) is 6.61 Å². The number of ether oxygens (including phenoxy) is 1. The predicted octanol–water partition coefficient (Wildman–Crippen LogP) is 4.30. The first-order valence-electron chi connectivity index (χ1n) is 5.89. The minimum atomic E-state index is -0.0321. The van der Waals surface area contributed by atoms with Gasteiger partial charge in [-0.1, -0.05) is 41.1 Å². The summed E-state index contributed by atoms with van der Waals surface area (Å²) in [6.45, 7) is 2.09. The lowest BCUT2D eigenvalue weighted by molar-refractivity contribution is 0.276. The lowest BCUT2D eigenvalue weighted by atomic mass is 10.1. The molecule has 2 nitrogen and oxygen atoms in total. The van der Waals surface area contributed by atoms with Crippen molar-refractivity contribution in [3.8, 4) is 11.5 Å². The molecule has 0 amide bonds. The zero-order valence-corrected chi connectivity index (χ0v) is 11.8. The van der Waals surface area contributed by atoms with Gasteiger partial charge in [-0.25, -0.2) is 0 Å². The van der Waals surface area contributed by atoms with Crippen LogP contribution in [0.3, 0.4) is 0 Å². The minimum Gasteiger partial charge on any atom is -0.457 e. The van der Waals surface area contributed by atoms with E-state index in [9.17, 15) is 5.11 Å². The van der Waals surface area contributed by atoms with Gasteiger partial charge in [0.25, 0.3) is 0 Å². The molecule has 0 saturated carbocycles. The Labute approximate surface area is 115 Å². The van der Waals surface area contributed by atoms with Crippen molar-refractivity contribution in [1.82, 2.24) is 0 Å². The second-order valence-corrected chi connectivity index (χ2v) is 4.93. The molecule has 0 aromatic heterocycles. The number of aliphatic hydroxyl groups is 1. The van der Waals surface area contributed by atoms with Crippen LogP contribution in [0.2, 0.25) is 0 Å². The second-order valence-electron chi connectivity index (χ2n) is 4.01. The number of hydrogen-bond donors (Lipinski definition) is 1. The maximum atomic E-state index is 9.27. The quantitative estimate of drug-likeness (QED) is 0.912. The van der Waals surface area contributed by atoms with E-state index in [0.717, 1.165) is 22.2 Å². The average Bonchev–Trinajstić information content (AvgIpc) is 2.40. The number of halogens is 1. The summed E-state index contributed by atoms with van der Waals surface area (Å²) >= 11 is 3.40. The fourth-order valence-electron chi connectivity index (χ4n) is 1.67. The Hall–Kier alpha value is -1.32. The highest BCUT2D eigenvalue weighted by atomic mass is 79.9. The number of hydrogen-bond acceptors (Lipinski definition) is 2. The van der Waals surface area contributed by atoms with E-state index in [0.29, 0.717) is 5.75 Å². The van der Waals surface area contributed by atoms with Crippen molar-refractivity contribution in [3.05, 3.63) is 58.1 Å². The molecule has 3 heteroatoms. The molecule has 0 spiro atoms. The molecule has 2 rings (SSSR count). The summed E-state index contributed by atoms with van der Waals surface area (Å²) in [4.78, 5) is 0. The number of aryl methyl sites for hydroxylation is 1. The summed E-state index contributed by atoms with van der Waals surface area (Å²) in [6, 6.07) is 13.6. The van der Waals surface area contributed by atoms with Crippen LogP contribution >= 0.6 is 15.9 Å². The van der Waals surface area contributed by atoms with Gasteiger partial charge in [0, 0.05) is 10.0 Å². The lowest BCUT2D eigenvalue weighted by Crippen LogP contribution is -1.92. The molecule has 2 aromatic carbocycles. The van der Waals surface area contributed by atoms with Crippen LogP contribution in [0.4, 0.5) is 0 Å². The molecule has 1 N–H and O–H groups in total. The van der Waals surface area contributed by atoms with Gasteiger partial charge in [0.2, 0.25) is 0 Å². The fraction of sp³-hybridized carbons (Fsp3) is 0.200. The molecule has 0 aliphatic heterocycles. The van der Waals surface area contributed by atoms with E-state index < -0.39 is 0 Å². The Morgan fingerprint density at radius 2 is 1.83 bits per heavy atom. The highest BCUT2D eigenvalue weighted by molar-refractivity contribution is 9.10. The SMILES string of the molecule is CCc1ccc(Oc2cc(Br)ccc2CO)cc1. The molecular formula is C15H15BrO2. The van der Waals surface area contributed by atoms with Gasteiger partial charge in [-0.15, -0.1) is 0 Å². The summed E-state index contributed by atoms with van der Waals surface area (Å²) in [5, 5.41) is 9.27. The van der Waals surface area contributed by atoms with E-state index in [4.69, 9.17) is 4.74 Å². The molecule has 0 saturated heterocycles. The van der Waals surface area contributed by atoms with Crippen molar-refractivity contribution in [2.45, 2.75) is 20.0 Å². The van der Waals surface area contributed by atoms with Crippen LogP contribution in [0.15, 0.2) is 46.9 Å². The van der Waals surface area contributed by atoms with E-state index >= 15 is 0 Å². The van der Waals surface area contributed by atoms with Crippen LogP contribution in [0.5, 0.6) is 11.5 Å². The summed E-state index contributed by atoms with van der Waals surface area (Å²) in [7, 11) is 0. The van der Waals surface area contributed by atoms with Gasteiger partial charge in [0.15, 0.2) is 0 Å². The Morgan fingerprint density at radius 3 is 2.44 bits per heavy atom. The van der Waals surface area contributed by atoms with Gasteiger partial charge in [-0.3, -0.25) is 0 Å². The topological polar surface area (TPSA) is 29.5 Å². The van der Waals surface area contributed by atoms with Crippen molar-refractivity contribution in [3.63, 3.8) is 0 Å². The zero-order chi connectivity index (χ0) is 13.0. The Morgan fingerprint density at radius 1 is 1.11 bits per heavy atom. The molecule has 0 aliphatic carbocycles. The van der Waals surface area contributed by atoms with Gasteiger partial charge >= 0.3 is 0 Å². The van der Waals surface area contributed by atoms with Crippen molar-refractivity contribution in [2.24, 2.45) is 0 Å². The van der Waals surface area contributed by atoms with Crippen LogP contribution in [-0.4, -0.2) is 5.11 Å². The van der Waals surface area contributed by atoms with Gasteiger partial charge in [-0.05, 0) is 36.2 Å². The third-order valence-corrected chi connectivity index (χ3v) is 3.25. The van der Waals surface area contributed by atoms with E-state index in [1.54, 1.807) is 0 Å². The van der Waals surface area contributed by atoms with Crippen LogP contribution in [0.25, 0.3) is 0 Å². The molecule has 94 valence electrons. The van der Waals surface area contributed by atoms with Gasteiger partial charge in [-0.2, -0.15) is 0 Å². The Balaban J connectivity index is 2.24. The normalized spacial score (nSPS) is 10.4. The van der Waals surface area contributed by atoms with Crippen LogP contribution in [-0.2, 0) is 13.0 Å². The standard InChI is InChI=1S/C15H15BrO2/c1-2-11-3-7-14(8-4-11)18-15-9-13(16)6-5-12(15)10-17/h3-9,17H,2,10H2,1H3. The fourth-order valence-corrected chi connectivity index (χ4v) is 2.01. The maximum absolute atomic E-state index is 9.27. The molecule has 2 aromatic rings. The summed E-state index contributed by atoms with van der Waals surface area (Å²) < 4.78 is 6.72. The monoisotopic (exact) mass is 306 g/mol. The molecule has 0 aliphatic rings. The molecule has 0 bridgehead atoms. The highest BCUT2D eigenvalue weighted by Crippen LogP contribution is 2.28. The van der Waals surface area contributed by atoms with E-state index in [2.05, 4.69) is 22.9 Å². The number of benzene rings is 2. The van der Waals surface area contributed by atoms with Crippen molar-refractivity contribution >= 4 is 15.9 Å². The van der Waals surface area contributed by atoms with E-state index in [1.807, 2.05) is 42.5 Å². The number of rotatable bonds is 4. The third-order valence-electron chi connectivity index (χ3n) is 2.76. The summed E-state index contributed by atoms with van der Waals surface area (Å²) in [6.07, 6.45) is 1.01. The van der Waals surface area contributed by atoms with Crippen molar-refractivity contribution in [2.75, 3.05) is 0 Å². The number of aliphatic hydroxyl groups excluding tert-OH is 1. The first-order chi connectivity index (χ1) is 8.72. The Kier molecular flexibility index (Phi) is 4.39. The van der Waals surface area contributed by atoms with Gasteiger partial charge < -0.3 is 9.84 Å². The molecule has 0 atom stereocenters. The van der Waals surface area contributed by atoms with Gasteiger partial charge in [0.1, 0.15) is 11.5 Å². The molecule has 0 radical (unpaired) electrons. The first kappa shape index (κ1) is 13.1. The van der Waals surface area contributed by atoms with E-state index in [1.165, 1.54) is 5.56 Å². The summed E-state index contributed by atoms with van der Waals surface area (Å²) in [5.41, 5.74) is 2.05. The second kappa shape index (κ2) is 6.03. The van der Waals surface area contributed by atoms with Crippen LogP contribution in [0.1, 0.15) is 18.1 Å². The first-order valence-corrected chi connectivity index (χ1v) is 6.68. The van der Waals surface area contributed by atoms with Crippen molar-refractivity contribution < 1.29 is 9.84 Å².